The lowest BCUT2D eigenvalue weighted by atomic mass is 10.2. The van der Waals surface area contributed by atoms with Gasteiger partial charge in [-0.2, -0.15) is 4.31 Å². The molecule has 2 aromatic carbocycles. The van der Waals surface area contributed by atoms with Crippen molar-refractivity contribution in [3.05, 3.63) is 59.9 Å². The monoisotopic (exact) mass is 492 g/mol. The van der Waals surface area contributed by atoms with Crippen LogP contribution in [0.1, 0.15) is 32.4 Å². The molecule has 178 valence electrons. The van der Waals surface area contributed by atoms with Crippen molar-refractivity contribution in [3.8, 4) is 11.4 Å². The molecule has 0 aliphatic heterocycles. The first-order valence-electron chi connectivity index (χ1n) is 10.7. The van der Waals surface area contributed by atoms with E-state index in [0.29, 0.717) is 42.0 Å². The molecule has 0 fully saturated rings. The Kier molecular flexibility index (Phi) is 8.63. The van der Waals surface area contributed by atoms with Gasteiger partial charge in [-0.3, -0.25) is 4.57 Å². The molecule has 1 atom stereocenters. The number of nitrogens with zero attached hydrogens (tertiary/aromatic N) is 4. The van der Waals surface area contributed by atoms with Gasteiger partial charge in [0.15, 0.2) is 11.0 Å². The molecule has 3 rings (SSSR count). The van der Waals surface area contributed by atoms with Crippen molar-refractivity contribution in [2.45, 2.75) is 42.6 Å². The fourth-order valence-electron chi connectivity index (χ4n) is 3.52. The number of benzene rings is 2. The summed E-state index contributed by atoms with van der Waals surface area (Å²) in [6, 6.07) is 13.0. The van der Waals surface area contributed by atoms with Crippen LogP contribution in [0.15, 0.2) is 58.6 Å². The molecule has 3 aromatic rings. The highest BCUT2D eigenvalue weighted by atomic mass is 32.2. The van der Waals surface area contributed by atoms with E-state index in [1.54, 1.807) is 37.4 Å². The van der Waals surface area contributed by atoms with Gasteiger partial charge in [0, 0.05) is 31.5 Å². The average Bonchev–Trinajstić information content (AvgIpc) is 3.24. The lowest BCUT2D eigenvalue weighted by molar-refractivity contribution is 0.159. The molecular weight excluding hydrogens is 463 g/mol. The van der Waals surface area contributed by atoms with Gasteiger partial charge < -0.3 is 4.74 Å². The number of rotatable bonds is 11. The third-order valence-corrected chi connectivity index (χ3v) is 8.29. The summed E-state index contributed by atoms with van der Waals surface area (Å²) in [7, 11) is -1.97. The van der Waals surface area contributed by atoms with E-state index in [1.165, 1.54) is 28.2 Å². The summed E-state index contributed by atoms with van der Waals surface area (Å²) in [5.41, 5.74) is 1.62. The number of hydrogen-bond donors (Lipinski definition) is 0. The van der Waals surface area contributed by atoms with Gasteiger partial charge >= 0.3 is 0 Å². The molecule has 0 spiro atoms. The maximum absolute atomic E-state index is 13.2. The van der Waals surface area contributed by atoms with Gasteiger partial charge in [-0.05, 0) is 36.8 Å². The highest BCUT2D eigenvalue weighted by molar-refractivity contribution is 7.98. The summed E-state index contributed by atoms with van der Waals surface area (Å²) in [4.78, 5) is 0.221. The summed E-state index contributed by atoms with van der Waals surface area (Å²) in [6.45, 7) is 6.86. The Morgan fingerprint density at radius 3 is 2.45 bits per heavy atom. The van der Waals surface area contributed by atoms with Crippen molar-refractivity contribution in [2.24, 2.45) is 0 Å². The third kappa shape index (κ3) is 5.81. The summed E-state index contributed by atoms with van der Waals surface area (Å²) in [6.07, 6.45) is 0. The predicted octanol–water partition coefficient (Wildman–Crippen LogP) is 4.61. The number of aromatic nitrogens is 3. The van der Waals surface area contributed by atoms with Crippen LogP contribution >= 0.6 is 11.8 Å². The first-order valence-corrected chi connectivity index (χ1v) is 13.2. The first kappa shape index (κ1) is 25.4. The normalized spacial score (nSPS) is 12.9. The zero-order valence-electron chi connectivity index (χ0n) is 19.2. The molecule has 0 amide bonds. The molecule has 1 unspecified atom stereocenters. The summed E-state index contributed by atoms with van der Waals surface area (Å²) >= 11 is 1.48. The highest BCUT2D eigenvalue weighted by Crippen LogP contribution is 2.31. The Bertz CT molecular complexity index is 1160. The minimum atomic E-state index is -3.60. The highest BCUT2D eigenvalue weighted by Gasteiger charge is 2.24. The van der Waals surface area contributed by atoms with E-state index >= 15 is 0 Å². The van der Waals surface area contributed by atoms with Crippen LogP contribution in [0.5, 0.6) is 0 Å². The second-order valence-corrected chi connectivity index (χ2v) is 10.4. The predicted molar refractivity (Wildman–Crippen MR) is 128 cm³/mol. The molecule has 0 N–H and O–H groups in total. The van der Waals surface area contributed by atoms with E-state index in [4.69, 9.17) is 4.74 Å². The number of halogens is 1. The Hall–Kier alpha value is -2.27. The maximum atomic E-state index is 13.2. The standard InChI is InChI=1S/C23H29FN4O3S2/c1-5-27(6-2)33(29,30)21-9-7-8-19(14-21)22-25-26-23(28(22)17(3)15-31-4)32-16-18-10-12-20(24)13-11-18/h7-14,17H,5-6,15-16H2,1-4H3. The summed E-state index contributed by atoms with van der Waals surface area (Å²) < 4.78 is 48.0. The largest absolute Gasteiger partial charge is 0.383 e. The SMILES string of the molecule is CCN(CC)S(=O)(=O)c1cccc(-c2nnc(SCc3ccc(F)cc3)n2C(C)COC)c1. The molecule has 0 saturated carbocycles. The fraction of sp³-hybridized carbons (Fsp3) is 0.391. The number of sulfonamides is 1. The van der Waals surface area contributed by atoms with Gasteiger partial charge in [-0.1, -0.05) is 49.9 Å². The van der Waals surface area contributed by atoms with E-state index in [2.05, 4.69) is 10.2 Å². The van der Waals surface area contributed by atoms with E-state index < -0.39 is 10.0 Å². The average molecular weight is 493 g/mol. The Morgan fingerprint density at radius 1 is 1.12 bits per heavy atom. The van der Waals surface area contributed by atoms with Crippen molar-refractivity contribution >= 4 is 21.8 Å². The topological polar surface area (TPSA) is 77.3 Å². The summed E-state index contributed by atoms with van der Waals surface area (Å²) in [5, 5.41) is 9.44. The number of hydrogen-bond acceptors (Lipinski definition) is 6. The molecule has 0 saturated heterocycles. The van der Waals surface area contributed by atoms with Gasteiger partial charge in [-0.15, -0.1) is 10.2 Å². The molecule has 0 aliphatic rings. The molecule has 10 heteroatoms. The van der Waals surface area contributed by atoms with E-state index in [9.17, 15) is 12.8 Å². The molecule has 0 bridgehead atoms. The molecule has 0 radical (unpaired) electrons. The minimum Gasteiger partial charge on any atom is -0.383 e. The molecular formula is C23H29FN4O3S2. The smallest absolute Gasteiger partial charge is 0.243 e. The molecule has 7 nitrogen and oxygen atoms in total. The fourth-order valence-corrected chi connectivity index (χ4v) is 6.02. The van der Waals surface area contributed by atoms with E-state index in [-0.39, 0.29) is 16.8 Å². The number of thioether (sulfide) groups is 1. The second-order valence-electron chi connectivity index (χ2n) is 7.51. The zero-order valence-corrected chi connectivity index (χ0v) is 20.9. The number of ether oxygens (including phenoxy) is 1. The van der Waals surface area contributed by atoms with Gasteiger partial charge in [0.1, 0.15) is 5.82 Å². The Labute approximate surface area is 199 Å². The van der Waals surface area contributed by atoms with Crippen LogP contribution in [0.4, 0.5) is 4.39 Å². The van der Waals surface area contributed by atoms with Crippen LogP contribution in [0.2, 0.25) is 0 Å². The third-order valence-electron chi connectivity index (χ3n) is 5.23. The van der Waals surface area contributed by atoms with E-state index in [0.717, 1.165) is 5.56 Å². The quantitative estimate of drug-likeness (QED) is 0.364. The van der Waals surface area contributed by atoms with Crippen molar-refractivity contribution in [1.29, 1.82) is 0 Å². The van der Waals surface area contributed by atoms with Crippen molar-refractivity contribution in [2.75, 3.05) is 26.8 Å². The van der Waals surface area contributed by atoms with Crippen molar-refractivity contribution < 1.29 is 17.5 Å². The van der Waals surface area contributed by atoms with Crippen molar-refractivity contribution in [3.63, 3.8) is 0 Å². The molecule has 0 aliphatic carbocycles. The lowest BCUT2D eigenvalue weighted by Crippen LogP contribution is -2.30. The Morgan fingerprint density at radius 2 is 1.82 bits per heavy atom. The summed E-state index contributed by atoms with van der Waals surface area (Å²) in [5.74, 6) is 0.884. The van der Waals surface area contributed by atoms with Crippen LogP contribution in [0.3, 0.4) is 0 Å². The van der Waals surface area contributed by atoms with Gasteiger partial charge in [0.05, 0.1) is 17.5 Å². The van der Waals surface area contributed by atoms with E-state index in [1.807, 2.05) is 31.4 Å². The lowest BCUT2D eigenvalue weighted by Gasteiger charge is -2.20. The Balaban J connectivity index is 1.98. The second kappa shape index (κ2) is 11.2. The van der Waals surface area contributed by atoms with Crippen LogP contribution in [-0.2, 0) is 20.5 Å². The molecule has 33 heavy (non-hydrogen) atoms. The maximum Gasteiger partial charge on any atom is 0.243 e. The first-order chi connectivity index (χ1) is 15.8. The van der Waals surface area contributed by atoms with Gasteiger partial charge in [0.2, 0.25) is 10.0 Å². The van der Waals surface area contributed by atoms with Gasteiger partial charge in [-0.25, -0.2) is 12.8 Å². The minimum absolute atomic E-state index is 0.0845. The zero-order chi connectivity index (χ0) is 24.0. The molecule has 1 aromatic heterocycles. The van der Waals surface area contributed by atoms with Crippen LogP contribution in [-0.4, -0.2) is 54.3 Å². The van der Waals surface area contributed by atoms with Gasteiger partial charge in [0.25, 0.3) is 0 Å². The number of methoxy groups -OCH3 is 1. The van der Waals surface area contributed by atoms with Crippen LogP contribution in [0, 0.1) is 5.82 Å². The molecule has 1 heterocycles. The van der Waals surface area contributed by atoms with Crippen LogP contribution in [0.25, 0.3) is 11.4 Å². The van der Waals surface area contributed by atoms with Crippen LogP contribution < -0.4 is 0 Å². The van der Waals surface area contributed by atoms with Crippen molar-refractivity contribution in [1.82, 2.24) is 19.1 Å².